The maximum Gasteiger partial charge on any atom is 0.0340 e. The highest BCUT2D eigenvalue weighted by molar-refractivity contribution is 5.42. The highest BCUT2D eigenvalue weighted by Crippen LogP contribution is 2.10. The summed E-state index contributed by atoms with van der Waals surface area (Å²) in [6, 6.07) is 10.6. The van der Waals surface area contributed by atoms with Crippen LogP contribution in [0.5, 0.6) is 0 Å². The Labute approximate surface area is 170 Å². The largest absolute Gasteiger partial charge is 0.385 e. The molecule has 0 spiro atoms. The van der Waals surface area contributed by atoms with Gasteiger partial charge in [-0.15, -0.1) is 0 Å². The van der Waals surface area contributed by atoms with Gasteiger partial charge in [-0.05, 0) is 51.0 Å². The molecule has 0 aromatic heterocycles. The first-order chi connectivity index (χ1) is 13.4. The number of rotatable bonds is 19. The van der Waals surface area contributed by atoms with Gasteiger partial charge in [-0.3, -0.25) is 0 Å². The molecule has 1 aromatic rings. The van der Waals surface area contributed by atoms with Crippen LogP contribution in [0, 0.1) is 0 Å². The van der Waals surface area contributed by atoms with Crippen molar-refractivity contribution in [2.75, 3.05) is 31.5 Å². The van der Waals surface area contributed by atoms with E-state index in [1.807, 2.05) is 0 Å². The van der Waals surface area contributed by atoms with Crippen molar-refractivity contribution >= 4 is 5.69 Å². The summed E-state index contributed by atoms with van der Waals surface area (Å²) in [6.07, 6.45) is 18.0. The predicted octanol–water partition coefficient (Wildman–Crippen LogP) is 7.51. The van der Waals surface area contributed by atoms with E-state index in [0.29, 0.717) is 0 Å². The van der Waals surface area contributed by atoms with Crippen LogP contribution in [0.2, 0.25) is 0 Å². The van der Waals surface area contributed by atoms with Gasteiger partial charge in [-0.25, -0.2) is 0 Å². The standard InChI is InChI=1S/C25H46N2/c1-3-5-7-9-11-16-22-27(23-17-12-10-8-6-4-2)24-18-21-26-25-19-14-13-15-20-25/h13-15,19-20,26H,3-12,16-18,21-24H2,1-2H3. The second-order valence-electron chi connectivity index (χ2n) is 8.02. The third kappa shape index (κ3) is 14.7. The summed E-state index contributed by atoms with van der Waals surface area (Å²) < 4.78 is 0. The smallest absolute Gasteiger partial charge is 0.0340 e. The van der Waals surface area contributed by atoms with Crippen LogP contribution in [0.3, 0.4) is 0 Å². The molecule has 0 aliphatic heterocycles. The van der Waals surface area contributed by atoms with Gasteiger partial charge >= 0.3 is 0 Å². The number of para-hydroxylation sites is 1. The minimum absolute atomic E-state index is 1.08. The second-order valence-corrected chi connectivity index (χ2v) is 8.02. The van der Waals surface area contributed by atoms with Crippen molar-refractivity contribution in [1.82, 2.24) is 4.90 Å². The summed E-state index contributed by atoms with van der Waals surface area (Å²) in [5.41, 5.74) is 1.25. The lowest BCUT2D eigenvalue weighted by Crippen LogP contribution is -2.28. The Morgan fingerprint density at radius 2 is 1.07 bits per heavy atom. The first-order valence-electron chi connectivity index (χ1n) is 11.9. The van der Waals surface area contributed by atoms with E-state index < -0.39 is 0 Å². The zero-order chi connectivity index (χ0) is 19.4. The van der Waals surface area contributed by atoms with Gasteiger partial charge < -0.3 is 10.2 Å². The molecule has 0 unspecified atom stereocenters. The third-order valence-corrected chi connectivity index (χ3v) is 5.41. The SMILES string of the molecule is CCCCCCCCN(CCCCCCCC)CCCNc1ccccc1. The van der Waals surface area contributed by atoms with E-state index in [9.17, 15) is 0 Å². The molecule has 0 saturated heterocycles. The Morgan fingerprint density at radius 3 is 1.63 bits per heavy atom. The number of unbranched alkanes of at least 4 members (excludes halogenated alkanes) is 10. The number of nitrogens with one attached hydrogen (secondary N) is 1. The molecule has 0 radical (unpaired) electrons. The van der Waals surface area contributed by atoms with E-state index in [1.54, 1.807) is 0 Å². The minimum atomic E-state index is 1.08. The Morgan fingerprint density at radius 1 is 0.593 bits per heavy atom. The van der Waals surface area contributed by atoms with E-state index in [-0.39, 0.29) is 0 Å². The van der Waals surface area contributed by atoms with Gasteiger partial charge in [-0.2, -0.15) is 0 Å². The molecule has 1 rings (SSSR count). The highest BCUT2D eigenvalue weighted by Gasteiger charge is 2.05. The summed E-state index contributed by atoms with van der Waals surface area (Å²) in [4.78, 5) is 2.73. The van der Waals surface area contributed by atoms with Crippen LogP contribution in [0.25, 0.3) is 0 Å². The fraction of sp³-hybridized carbons (Fsp3) is 0.760. The number of benzene rings is 1. The van der Waals surface area contributed by atoms with Crippen molar-refractivity contribution in [1.29, 1.82) is 0 Å². The van der Waals surface area contributed by atoms with Gasteiger partial charge in [0, 0.05) is 12.2 Å². The zero-order valence-electron chi connectivity index (χ0n) is 18.4. The Bertz CT molecular complexity index is 388. The lowest BCUT2D eigenvalue weighted by molar-refractivity contribution is 0.259. The first-order valence-corrected chi connectivity index (χ1v) is 11.9. The normalized spacial score (nSPS) is 11.2. The van der Waals surface area contributed by atoms with Crippen LogP contribution in [-0.2, 0) is 0 Å². The molecule has 1 N–H and O–H groups in total. The molecule has 27 heavy (non-hydrogen) atoms. The molecular formula is C25H46N2. The molecule has 0 bridgehead atoms. The number of hydrogen-bond donors (Lipinski definition) is 1. The van der Waals surface area contributed by atoms with Crippen LogP contribution < -0.4 is 5.32 Å². The lowest BCUT2D eigenvalue weighted by atomic mass is 10.1. The minimum Gasteiger partial charge on any atom is -0.385 e. The van der Waals surface area contributed by atoms with Crippen LogP contribution in [0.1, 0.15) is 97.3 Å². The molecule has 2 nitrogen and oxygen atoms in total. The zero-order valence-corrected chi connectivity index (χ0v) is 18.4. The van der Waals surface area contributed by atoms with Crippen molar-refractivity contribution in [3.05, 3.63) is 30.3 Å². The molecule has 0 aliphatic rings. The van der Waals surface area contributed by atoms with E-state index in [0.717, 1.165) is 6.54 Å². The van der Waals surface area contributed by atoms with Crippen LogP contribution in [-0.4, -0.2) is 31.1 Å². The molecule has 0 amide bonds. The maximum absolute atomic E-state index is 3.55. The van der Waals surface area contributed by atoms with Gasteiger partial charge in [0.25, 0.3) is 0 Å². The predicted molar refractivity (Wildman–Crippen MR) is 123 cm³/mol. The van der Waals surface area contributed by atoms with Gasteiger partial charge in [0.1, 0.15) is 0 Å². The van der Waals surface area contributed by atoms with Crippen molar-refractivity contribution in [3.63, 3.8) is 0 Å². The van der Waals surface area contributed by atoms with E-state index >= 15 is 0 Å². The topological polar surface area (TPSA) is 15.3 Å². The van der Waals surface area contributed by atoms with Crippen LogP contribution in [0.4, 0.5) is 5.69 Å². The lowest BCUT2D eigenvalue weighted by Gasteiger charge is -2.22. The average Bonchev–Trinajstić information content (AvgIpc) is 2.70. The van der Waals surface area contributed by atoms with Gasteiger partial charge in [0.15, 0.2) is 0 Å². The quantitative estimate of drug-likeness (QED) is 0.252. The van der Waals surface area contributed by atoms with E-state index in [1.165, 1.54) is 109 Å². The van der Waals surface area contributed by atoms with Crippen LogP contribution >= 0.6 is 0 Å². The van der Waals surface area contributed by atoms with Gasteiger partial charge in [0.2, 0.25) is 0 Å². The van der Waals surface area contributed by atoms with Gasteiger partial charge in [-0.1, -0.05) is 96.3 Å². The first kappa shape index (κ1) is 24.0. The fourth-order valence-electron chi connectivity index (χ4n) is 3.66. The molecule has 0 aliphatic carbocycles. The van der Waals surface area contributed by atoms with Crippen molar-refractivity contribution < 1.29 is 0 Å². The highest BCUT2D eigenvalue weighted by atomic mass is 15.1. The number of hydrogen-bond acceptors (Lipinski definition) is 2. The molecule has 0 atom stereocenters. The van der Waals surface area contributed by atoms with Crippen molar-refractivity contribution in [2.45, 2.75) is 97.3 Å². The fourth-order valence-corrected chi connectivity index (χ4v) is 3.66. The molecule has 2 heteroatoms. The summed E-state index contributed by atoms with van der Waals surface area (Å²) in [5, 5.41) is 3.55. The molecular weight excluding hydrogens is 328 g/mol. The second kappa shape index (κ2) is 18.3. The third-order valence-electron chi connectivity index (χ3n) is 5.41. The molecule has 0 saturated carbocycles. The van der Waals surface area contributed by atoms with E-state index in [4.69, 9.17) is 0 Å². The van der Waals surface area contributed by atoms with Crippen molar-refractivity contribution in [2.24, 2.45) is 0 Å². The average molecular weight is 375 g/mol. The number of anilines is 1. The Hall–Kier alpha value is -1.02. The molecule has 0 heterocycles. The molecule has 0 fully saturated rings. The van der Waals surface area contributed by atoms with Crippen LogP contribution in [0.15, 0.2) is 30.3 Å². The summed E-state index contributed by atoms with van der Waals surface area (Å²) >= 11 is 0. The summed E-state index contributed by atoms with van der Waals surface area (Å²) in [6.45, 7) is 9.51. The maximum atomic E-state index is 3.55. The van der Waals surface area contributed by atoms with E-state index in [2.05, 4.69) is 54.4 Å². The Balaban J connectivity index is 2.17. The summed E-state index contributed by atoms with van der Waals surface area (Å²) in [5.74, 6) is 0. The molecule has 156 valence electrons. The van der Waals surface area contributed by atoms with Crippen molar-refractivity contribution in [3.8, 4) is 0 Å². The monoisotopic (exact) mass is 374 g/mol. The Kier molecular flexibility index (Phi) is 16.3. The van der Waals surface area contributed by atoms with Gasteiger partial charge in [0.05, 0.1) is 0 Å². The number of nitrogens with zero attached hydrogens (tertiary/aromatic N) is 1. The molecule has 1 aromatic carbocycles. The summed E-state index contributed by atoms with van der Waals surface area (Å²) in [7, 11) is 0.